The quantitative estimate of drug-likeness (QED) is 0.690. The minimum atomic E-state index is 0.516. The third-order valence-corrected chi connectivity index (χ3v) is 3.13. The average Bonchev–Trinajstić information content (AvgIpc) is 2.61. The van der Waals surface area contributed by atoms with Crippen molar-refractivity contribution in [1.82, 2.24) is 0 Å². The van der Waals surface area contributed by atoms with E-state index in [2.05, 4.69) is 73.7 Å². The van der Waals surface area contributed by atoms with E-state index in [0.717, 1.165) is 0 Å². The van der Waals surface area contributed by atoms with Gasteiger partial charge in [-0.15, -0.1) is 0 Å². The van der Waals surface area contributed by atoms with E-state index in [-0.39, 0.29) is 0 Å². The van der Waals surface area contributed by atoms with Crippen LogP contribution in [0.3, 0.4) is 0 Å². The molecule has 1 atom stereocenters. The van der Waals surface area contributed by atoms with Gasteiger partial charge in [-0.3, -0.25) is 0 Å². The zero-order chi connectivity index (χ0) is 11.2. The molecule has 0 bridgehead atoms. The minimum absolute atomic E-state index is 0.516. The van der Waals surface area contributed by atoms with E-state index in [0.29, 0.717) is 11.8 Å². The lowest BCUT2D eigenvalue weighted by atomic mass is 9.84. The lowest BCUT2D eigenvalue weighted by Gasteiger charge is -2.21. The monoisotopic (exact) mass is 210 g/mol. The van der Waals surface area contributed by atoms with Crippen LogP contribution in [0.2, 0.25) is 0 Å². The molecule has 0 heterocycles. The molecule has 0 radical (unpaired) electrons. The maximum atomic E-state index is 2.29. The molecule has 1 unspecified atom stereocenters. The fraction of sp³-hybridized carbons (Fsp3) is 0.250. The Morgan fingerprint density at radius 3 is 2.12 bits per heavy atom. The van der Waals surface area contributed by atoms with Crippen molar-refractivity contribution in [2.24, 2.45) is 5.92 Å². The van der Waals surface area contributed by atoms with Gasteiger partial charge >= 0.3 is 0 Å². The predicted molar refractivity (Wildman–Crippen MR) is 70.4 cm³/mol. The number of benzene rings is 1. The first-order valence-electron chi connectivity index (χ1n) is 5.98. The van der Waals surface area contributed by atoms with Crippen molar-refractivity contribution in [2.75, 3.05) is 0 Å². The molecular weight excluding hydrogens is 192 g/mol. The summed E-state index contributed by atoms with van der Waals surface area (Å²) in [5.41, 5.74) is 1.44. The van der Waals surface area contributed by atoms with Crippen molar-refractivity contribution < 1.29 is 0 Å². The van der Waals surface area contributed by atoms with Crippen molar-refractivity contribution in [2.45, 2.75) is 19.3 Å². The van der Waals surface area contributed by atoms with Crippen LogP contribution in [0.5, 0.6) is 0 Å². The molecule has 1 aliphatic carbocycles. The van der Waals surface area contributed by atoms with E-state index in [4.69, 9.17) is 0 Å². The molecule has 1 aromatic carbocycles. The van der Waals surface area contributed by atoms with Crippen LogP contribution in [0.1, 0.15) is 24.8 Å². The maximum Gasteiger partial charge on any atom is 0.00214 e. The molecule has 0 aliphatic heterocycles. The van der Waals surface area contributed by atoms with Gasteiger partial charge in [-0.25, -0.2) is 0 Å². The van der Waals surface area contributed by atoms with Crippen molar-refractivity contribution >= 4 is 0 Å². The zero-order valence-corrected chi connectivity index (χ0v) is 9.71. The Labute approximate surface area is 98.0 Å². The molecule has 0 aromatic heterocycles. The number of hydrogen-bond acceptors (Lipinski definition) is 0. The van der Waals surface area contributed by atoms with Crippen molar-refractivity contribution in [3.8, 4) is 0 Å². The Kier molecular flexibility index (Phi) is 3.76. The van der Waals surface area contributed by atoms with Crippen LogP contribution in [0.15, 0.2) is 66.8 Å². The second-order valence-electron chi connectivity index (χ2n) is 4.16. The molecule has 0 fully saturated rings. The minimum Gasteiger partial charge on any atom is -0.0770 e. The van der Waals surface area contributed by atoms with E-state index >= 15 is 0 Å². The number of allylic oxidation sites excluding steroid dienone is 6. The second-order valence-corrected chi connectivity index (χ2v) is 4.16. The van der Waals surface area contributed by atoms with Crippen LogP contribution in [0.4, 0.5) is 0 Å². The molecule has 1 aromatic rings. The third-order valence-electron chi connectivity index (χ3n) is 3.13. The fourth-order valence-corrected chi connectivity index (χ4v) is 2.28. The highest BCUT2D eigenvalue weighted by Crippen LogP contribution is 2.30. The highest BCUT2D eigenvalue weighted by atomic mass is 14.2. The summed E-state index contributed by atoms with van der Waals surface area (Å²) in [5.74, 6) is 1.11. The molecular formula is C16H18. The number of hydrogen-bond donors (Lipinski definition) is 0. The largest absolute Gasteiger partial charge is 0.0770 e. The second kappa shape index (κ2) is 5.50. The molecule has 0 amide bonds. The molecule has 2 rings (SSSR count). The van der Waals surface area contributed by atoms with Crippen molar-refractivity contribution in [3.05, 3.63) is 72.4 Å². The lowest BCUT2D eigenvalue weighted by molar-refractivity contribution is 0.575. The normalized spacial score (nSPS) is 17.3. The van der Waals surface area contributed by atoms with Crippen LogP contribution < -0.4 is 0 Å². The van der Waals surface area contributed by atoms with Gasteiger partial charge in [-0.2, -0.15) is 0 Å². The van der Waals surface area contributed by atoms with Crippen LogP contribution in [-0.2, 0) is 0 Å². The first-order valence-corrected chi connectivity index (χ1v) is 5.98. The highest BCUT2D eigenvalue weighted by molar-refractivity contribution is 5.27. The topological polar surface area (TPSA) is 0 Å². The van der Waals surface area contributed by atoms with Crippen LogP contribution in [0.25, 0.3) is 0 Å². The Hall–Kier alpha value is -1.56. The Bertz CT molecular complexity index is 379. The molecule has 0 N–H and O–H groups in total. The lowest BCUT2D eigenvalue weighted by Crippen LogP contribution is -2.07. The van der Waals surface area contributed by atoms with Crippen LogP contribution in [-0.4, -0.2) is 0 Å². The van der Waals surface area contributed by atoms with Crippen LogP contribution >= 0.6 is 0 Å². The summed E-state index contributed by atoms with van der Waals surface area (Å²) in [5, 5.41) is 0. The van der Waals surface area contributed by atoms with E-state index in [1.54, 1.807) is 0 Å². The van der Waals surface area contributed by atoms with E-state index in [9.17, 15) is 0 Å². The van der Waals surface area contributed by atoms with E-state index < -0.39 is 0 Å². The third kappa shape index (κ3) is 2.52. The first kappa shape index (κ1) is 10.9. The molecule has 16 heavy (non-hydrogen) atoms. The fourth-order valence-electron chi connectivity index (χ4n) is 2.28. The standard InChI is InChI=1S/C16H18/c1-2-16(15-12-8-5-9-13-15)14-10-6-3-4-7-11-14/h3-14,16H,2H2,1H3. The maximum absolute atomic E-state index is 2.29. The smallest absolute Gasteiger partial charge is 0.00214 e. The van der Waals surface area contributed by atoms with Crippen LogP contribution in [0, 0.1) is 5.92 Å². The van der Waals surface area contributed by atoms with Gasteiger partial charge in [-0.1, -0.05) is 73.7 Å². The Morgan fingerprint density at radius 2 is 1.56 bits per heavy atom. The molecule has 1 aliphatic rings. The SMILES string of the molecule is CCC(c1ccccc1)C1C=CC=CC=C1. The predicted octanol–water partition coefficient (Wildman–Crippen LogP) is 4.48. The zero-order valence-electron chi connectivity index (χ0n) is 9.71. The van der Waals surface area contributed by atoms with Gasteiger partial charge in [0.2, 0.25) is 0 Å². The summed E-state index contributed by atoms with van der Waals surface area (Å²) in [4.78, 5) is 0. The van der Waals surface area contributed by atoms with E-state index in [1.165, 1.54) is 12.0 Å². The average molecular weight is 210 g/mol. The molecule has 0 saturated heterocycles. The van der Waals surface area contributed by atoms with Gasteiger partial charge in [0, 0.05) is 5.92 Å². The summed E-state index contributed by atoms with van der Waals surface area (Å²) in [7, 11) is 0. The Morgan fingerprint density at radius 1 is 0.938 bits per heavy atom. The molecule has 0 saturated carbocycles. The Balaban J connectivity index is 2.23. The van der Waals surface area contributed by atoms with Gasteiger partial charge in [-0.05, 0) is 17.9 Å². The summed E-state index contributed by atoms with van der Waals surface area (Å²) in [6.45, 7) is 2.26. The van der Waals surface area contributed by atoms with E-state index in [1.807, 2.05) is 0 Å². The van der Waals surface area contributed by atoms with Gasteiger partial charge in [0.05, 0.1) is 0 Å². The summed E-state index contributed by atoms with van der Waals surface area (Å²) < 4.78 is 0. The summed E-state index contributed by atoms with van der Waals surface area (Å²) in [6.07, 6.45) is 14.2. The number of rotatable bonds is 3. The van der Waals surface area contributed by atoms with Gasteiger partial charge in [0.1, 0.15) is 0 Å². The van der Waals surface area contributed by atoms with Crippen molar-refractivity contribution in [1.29, 1.82) is 0 Å². The van der Waals surface area contributed by atoms with Gasteiger partial charge < -0.3 is 0 Å². The van der Waals surface area contributed by atoms with Crippen molar-refractivity contribution in [3.63, 3.8) is 0 Å². The molecule has 0 nitrogen and oxygen atoms in total. The first-order chi connectivity index (χ1) is 7.92. The highest BCUT2D eigenvalue weighted by Gasteiger charge is 2.16. The van der Waals surface area contributed by atoms with Gasteiger partial charge in [0.15, 0.2) is 0 Å². The summed E-state index contributed by atoms with van der Waals surface area (Å²) >= 11 is 0. The van der Waals surface area contributed by atoms with Gasteiger partial charge in [0.25, 0.3) is 0 Å². The molecule has 0 spiro atoms. The summed E-state index contributed by atoms with van der Waals surface area (Å²) in [6, 6.07) is 10.8. The molecule has 82 valence electrons. The molecule has 0 heteroatoms.